The van der Waals surface area contributed by atoms with Crippen LogP contribution in [0.1, 0.15) is 16.8 Å². The van der Waals surface area contributed by atoms with Gasteiger partial charge < -0.3 is 4.57 Å². The number of anilines is 1. The summed E-state index contributed by atoms with van der Waals surface area (Å²) in [4.78, 5) is 31.3. The predicted molar refractivity (Wildman–Crippen MR) is 145 cm³/mol. The fourth-order valence-corrected chi connectivity index (χ4v) is 5.02. The molecule has 1 aliphatic rings. The summed E-state index contributed by atoms with van der Waals surface area (Å²) in [5.74, 6) is -0.160. The fourth-order valence-electron chi connectivity index (χ4n) is 4.05. The number of thioether (sulfide) groups is 1. The van der Waals surface area contributed by atoms with E-state index in [1.54, 1.807) is 17.0 Å². The molecule has 178 valence electrons. The summed E-state index contributed by atoms with van der Waals surface area (Å²) >= 11 is 1.33. The van der Waals surface area contributed by atoms with Gasteiger partial charge in [-0.2, -0.15) is 0 Å². The highest BCUT2D eigenvalue weighted by Crippen LogP contribution is 2.38. The second kappa shape index (κ2) is 9.67. The molecular formula is C28H22N4O3S. The van der Waals surface area contributed by atoms with Crippen LogP contribution in [0.5, 0.6) is 0 Å². The normalized spacial score (nSPS) is 15.7. The van der Waals surface area contributed by atoms with Crippen LogP contribution in [0.4, 0.5) is 17.1 Å². The molecule has 1 amide bonds. The Balaban J connectivity index is 1.56. The fraction of sp³-hybridized carbons (Fsp3) is 0.0714. The smallest absolute Gasteiger partial charge is 0.271 e. The Hall–Kier alpha value is -4.43. The average molecular weight is 495 g/mol. The number of rotatable bonds is 5. The Morgan fingerprint density at radius 2 is 1.56 bits per heavy atom. The first-order valence-corrected chi connectivity index (χ1v) is 12.1. The maximum atomic E-state index is 13.6. The van der Waals surface area contributed by atoms with Gasteiger partial charge in [-0.15, -0.1) is 0 Å². The quantitative estimate of drug-likeness (QED) is 0.173. The van der Waals surface area contributed by atoms with Gasteiger partial charge in [-0.05, 0) is 79.2 Å². The molecule has 0 radical (unpaired) electrons. The molecule has 0 spiro atoms. The summed E-state index contributed by atoms with van der Waals surface area (Å²) in [5.41, 5.74) is 5.23. The first kappa shape index (κ1) is 23.3. The molecule has 36 heavy (non-hydrogen) atoms. The van der Waals surface area contributed by atoms with Crippen molar-refractivity contribution in [3.8, 4) is 5.69 Å². The molecule has 0 unspecified atom stereocenters. The topological polar surface area (TPSA) is 80.7 Å². The molecule has 3 aromatic carbocycles. The van der Waals surface area contributed by atoms with E-state index in [9.17, 15) is 14.9 Å². The number of non-ortho nitro benzene ring substituents is 1. The Morgan fingerprint density at radius 1 is 0.861 bits per heavy atom. The molecule has 0 saturated carbocycles. The van der Waals surface area contributed by atoms with Gasteiger partial charge in [0.2, 0.25) is 0 Å². The lowest BCUT2D eigenvalue weighted by atomic mass is 10.1. The van der Waals surface area contributed by atoms with E-state index in [1.165, 1.54) is 23.9 Å². The minimum absolute atomic E-state index is 0.0261. The number of aryl methyl sites for hydroxylation is 2. The van der Waals surface area contributed by atoms with E-state index in [1.807, 2.05) is 91.4 Å². The molecule has 0 bridgehead atoms. The van der Waals surface area contributed by atoms with Gasteiger partial charge >= 0.3 is 0 Å². The molecule has 4 aromatic rings. The molecule has 0 N–H and O–H groups in total. The summed E-state index contributed by atoms with van der Waals surface area (Å²) in [7, 11) is 0. The summed E-state index contributed by atoms with van der Waals surface area (Å²) in [5, 5.41) is 11.6. The first-order valence-electron chi connectivity index (χ1n) is 11.3. The average Bonchev–Trinajstić information content (AvgIpc) is 3.46. The number of carbonyl (C=O) groups excluding carboxylic acids is 1. The zero-order valence-corrected chi connectivity index (χ0v) is 20.5. The van der Waals surface area contributed by atoms with Crippen LogP contribution in [0.15, 0.2) is 101 Å². The van der Waals surface area contributed by atoms with Gasteiger partial charge in [0.1, 0.15) is 0 Å². The number of aliphatic imine (C=N–C) groups is 1. The highest BCUT2D eigenvalue weighted by atomic mass is 32.2. The zero-order chi connectivity index (χ0) is 25.2. The zero-order valence-electron chi connectivity index (χ0n) is 19.7. The van der Waals surface area contributed by atoms with Crippen LogP contribution >= 0.6 is 11.8 Å². The van der Waals surface area contributed by atoms with Crippen LogP contribution in [0.3, 0.4) is 0 Å². The van der Waals surface area contributed by atoms with E-state index in [0.29, 0.717) is 10.1 Å². The van der Waals surface area contributed by atoms with Crippen molar-refractivity contribution in [1.82, 2.24) is 4.57 Å². The first-order chi connectivity index (χ1) is 17.4. The number of nitro groups is 1. The van der Waals surface area contributed by atoms with Gasteiger partial charge in [-0.3, -0.25) is 19.8 Å². The van der Waals surface area contributed by atoms with Gasteiger partial charge in [0.15, 0.2) is 5.17 Å². The molecule has 2 heterocycles. The maximum Gasteiger partial charge on any atom is 0.271 e. The lowest BCUT2D eigenvalue weighted by molar-refractivity contribution is -0.384. The van der Waals surface area contributed by atoms with Crippen LogP contribution in [0.2, 0.25) is 0 Å². The minimum atomic E-state index is -0.425. The van der Waals surface area contributed by atoms with Crippen molar-refractivity contribution in [1.29, 1.82) is 0 Å². The summed E-state index contributed by atoms with van der Waals surface area (Å²) in [6.45, 7) is 4.02. The van der Waals surface area contributed by atoms with E-state index in [-0.39, 0.29) is 11.6 Å². The number of amidine groups is 1. The highest BCUT2D eigenvalue weighted by Gasteiger charge is 2.35. The number of hydrogen-bond acceptors (Lipinski definition) is 5. The molecule has 7 nitrogen and oxygen atoms in total. The summed E-state index contributed by atoms with van der Waals surface area (Å²) in [6.07, 6.45) is 3.69. The van der Waals surface area contributed by atoms with Crippen molar-refractivity contribution in [2.45, 2.75) is 13.8 Å². The van der Waals surface area contributed by atoms with Crippen molar-refractivity contribution in [3.63, 3.8) is 0 Å². The molecule has 1 fully saturated rings. The van der Waals surface area contributed by atoms with E-state index in [0.717, 1.165) is 33.9 Å². The van der Waals surface area contributed by atoms with Crippen LogP contribution < -0.4 is 4.90 Å². The summed E-state index contributed by atoms with van der Waals surface area (Å²) in [6, 6.07) is 25.6. The van der Waals surface area contributed by atoms with E-state index in [4.69, 9.17) is 4.99 Å². The molecule has 8 heteroatoms. The Bertz CT molecular complexity index is 1500. The maximum absolute atomic E-state index is 13.6. The number of nitro benzene ring substituents is 1. The van der Waals surface area contributed by atoms with E-state index < -0.39 is 4.92 Å². The minimum Gasteiger partial charge on any atom is -0.317 e. The van der Waals surface area contributed by atoms with Crippen molar-refractivity contribution < 1.29 is 9.72 Å². The van der Waals surface area contributed by atoms with Crippen molar-refractivity contribution >= 4 is 46.0 Å². The largest absolute Gasteiger partial charge is 0.317 e. The standard InChI is InChI=1S/C28H22N4O3S/c1-19-8-6-9-20(2)26(19)29-28-31(22-10-4-3-5-11-22)27(33)25(36-28)18-24-12-7-17-30(24)21-13-15-23(16-14-21)32(34)35/h3-18H,1-2H3/b25-18+,29-28?. The van der Waals surface area contributed by atoms with Gasteiger partial charge in [-0.25, -0.2) is 4.99 Å². The van der Waals surface area contributed by atoms with Crippen LogP contribution in [0, 0.1) is 24.0 Å². The lowest BCUT2D eigenvalue weighted by Gasteiger charge is -2.16. The molecule has 0 atom stereocenters. The number of para-hydroxylation sites is 2. The molecule has 1 saturated heterocycles. The van der Waals surface area contributed by atoms with Crippen LogP contribution in [-0.4, -0.2) is 20.6 Å². The van der Waals surface area contributed by atoms with Crippen molar-refractivity contribution in [2.75, 3.05) is 4.90 Å². The number of nitrogens with zero attached hydrogens (tertiary/aromatic N) is 4. The Labute approximate surface area is 212 Å². The number of amides is 1. The lowest BCUT2D eigenvalue weighted by Crippen LogP contribution is -2.28. The van der Waals surface area contributed by atoms with E-state index >= 15 is 0 Å². The Kier molecular flexibility index (Phi) is 6.26. The predicted octanol–water partition coefficient (Wildman–Crippen LogP) is 6.81. The van der Waals surface area contributed by atoms with Crippen LogP contribution in [0.25, 0.3) is 11.8 Å². The van der Waals surface area contributed by atoms with Gasteiger partial charge in [0.05, 0.1) is 21.2 Å². The van der Waals surface area contributed by atoms with Gasteiger partial charge in [-0.1, -0.05) is 36.4 Å². The van der Waals surface area contributed by atoms with Crippen molar-refractivity contribution in [3.05, 3.63) is 123 Å². The monoisotopic (exact) mass is 494 g/mol. The number of aromatic nitrogens is 1. The van der Waals surface area contributed by atoms with Gasteiger partial charge in [0.25, 0.3) is 11.6 Å². The highest BCUT2D eigenvalue weighted by molar-refractivity contribution is 8.19. The molecule has 0 aliphatic carbocycles. The molecule has 1 aliphatic heterocycles. The summed E-state index contributed by atoms with van der Waals surface area (Å²) < 4.78 is 1.89. The number of carbonyl (C=O) groups is 1. The van der Waals surface area contributed by atoms with E-state index in [2.05, 4.69) is 0 Å². The molecular weight excluding hydrogens is 472 g/mol. The second-order valence-electron chi connectivity index (χ2n) is 8.30. The van der Waals surface area contributed by atoms with Crippen molar-refractivity contribution in [2.24, 2.45) is 4.99 Å². The molecule has 1 aromatic heterocycles. The third-order valence-electron chi connectivity index (χ3n) is 5.87. The Morgan fingerprint density at radius 3 is 2.22 bits per heavy atom. The molecule has 5 rings (SSSR count). The van der Waals surface area contributed by atoms with Gasteiger partial charge in [0, 0.05) is 29.7 Å². The van der Waals surface area contributed by atoms with Crippen LogP contribution in [-0.2, 0) is 4.79 Å². The third kappa shape index (κ3) is 4.46. The third-order valence-corrected chi connectivity index (χ3v) is 6.83. The number of benzene rings is 3. The number of hydrogen-bond donors (Lipinski definition) is 0. The SMILES string of the molecule is Cc1cccc(C)c1N=C1S/C(=C/c2cccn2-c2ccc([N+](=O)[O-])cc2)C(=O)N1c1ccccc1. The second-order valence-corrected chi connectivity index (χ2v) is 9.31.